The molecule has 1 aliphatic rings. The van der Waals surface area contributed by atoms with Crippen LogP contribution in [0.5, 0.6) is 0 Å². The molecule has 2 aromatic carbocycles. The van der Waals surface area contributed by atoms with E-state index >= 15 is 0 Å². The Morgan fingerprint density at radius 2 is 2.03 bits per heavy atom. The maximum atomic E-state index is 11.7. The Morgan fingerprint density at radius 1 is 1.17 bits per heavy atom. The fourth-order valence-corrected chi connectivity index (χ4v) is 4.23. The number of hydrogen-bond acceptors (Lipinski definition) is 8. The summed E-state index contributed by atoms with van der Waals surface area (Å²) in [6.45, 7) is 6.20. The molecule has 2 aromatic heterocycles. The van der Waals surface area contributed by atoms with Crippen molar-refractivity contribution < 1.29 is 9.53 Å². The van der Waals surface area contributed by atoms with E-state index in [1.807, 2.05) is 36.4 Å². The van der Waals surface area contributed by atoms with Crippen LogP contribution in [-0.4, -0.2) is 53.2 Å². The highest BCUT2D eigenvalue weighted by atomic mass is 16.5. The van der Waals surface area contributed by atoms with Gasteiger partial charge in [-0.05, 0) is 42.5 Å². The molecule has 3 heterocycles. The normalized spacial score (nSPS) is 15.5. The first-order valence-electron chi connectivity index (χ1n) is 11.7. The van der Waals surface area contributed by atoms with E-state index in [-0.39, 0.29) is 11.9 Å². The zero-order valence-electron chi connectivity index (χ0n) is 19.7. The van der Waals surface area contributed by atoms with Crippen molar-refractivity contribution in [1.29, 1.82) is 0 Å². The fourth-order valence-electron chi connectivity index (χ4n) is 4.23. The topological polar surface area (TPSA) is 118 Å². The summed E-state index contributed by atoms with van der Waals surface area (Å²) in [6, 6.07) is 17.7. The van der Waals surface area contributed by atoms with Gasteiger partial charge in [-0.3, -0.25) is 9.78 Å². The second-order valence-electron chi connectivity index (χ2n) is 8.39. The van der Waals surface area contributed by atoms with Gasteiger partial charge in [0, 0.05) is 53.5 Å². The van der Waals surface area contributed by atoms with Crippen LogP contribution in [0, 0.1) is 0 Å². The molecule has 0 spiro atoms. The number of amides is 1. The average Bonchev–Trinajstić information content (AvgIpc) is 2.93. The Morgan fingerprint density at radius 3 is 2.83 bits per heavy atom. The second kappa shape index (κ2) is 10.5. The third kappa shape index (κ3) is 5.02. The first kappa shape index (κ1) is 23.4. The quantitative estimate of drug-likeness (QED) is 0.342. The first-order valence-corrected chi connectivity index (χ1v) is 11.7. The molecular weight excluding hydrogens is 454 g/mol. The molecule has 0 radical (unpaired) electrons. The van der Waals surface area contributed by atoms with Gasteiger partial charge in [-0.1, -0.05) is 24.8 Å². The van der Waals surface area contributed by atoms with Crippen molar-refractivity contribution in [2.24, 2.45) is 5.73 Å². The maximum absolute atomic E-state index is 11.7. The van der Waals surface area contributed by atoms with Crippen molar-refractivity contribution in [2.45, 2.75) is 6.04 Å². The lowest BCUT2D eigenvalue weighted by Gasteiger charge is -2.36. The number of nitrogens with one attached hydrogen (secondary N) is 2. The first-order chi connectivity index (χ1) is 17.6. The van der Waals surface area contributed by atoms with Gasteiger partial charge < -0.3 is 26.0 Å². The molecule has 4 aromatic rings. The number of para-hydroxylation sites is 1. The predicted molar refractivity (Wildman–Crippen MR) is 142 cm³/mol. The number of nitrogens with two attached hydrogens (primary N) is 1. The Labute approximate surface area is 209 Å². The minimum Gasteiger partial charge on any atom is -0.377 e. The van der Waals surface area contributed by atoms with Gasteiger partial charge in [-0.25, -0.2) is 9.97 Å². The number of rotatable bonds is 7. The fraction of sp³-hybridized carbons (Fsp3) is 0.185. The number of pyridine rings is 1. The van der Waals surface area contributed by atoms with Gasteiger partial charge in [-0.15, -0.1) is 0 Å². The monoisotopic (exact) mass is 481 g/mol. The van der Waals surface area contributed by atoms with E-state index in [0.29, 0.717) is 37.1 Å². The van der Waals surface area contributed by atoms with E-state index in [9.17, 15) is 4.79 Å². The number of anilines is 4. The van der Waals surface area contributed by atoms with Crippen LogP contribution >= 0.6 is 0 Å². The lowest BCUT2D eigenvalue weighted by Crippen LogP contribution is -2.49. The molecule has 0 aliphatic carbocycles. The molecular formula is C27H27N7O2. The van der Waals surface area contributed by atoms with Gasteiger partial charge in [0.15, 0.2) is 0 Å². The van der Waals surface area contributed by atoms with E-state index < -0.39 is 0 Å². The Kier molecular flexibility index (Phi) is 6.83. The molecule has 1 unspecified atom stereocenters. The van der Waals surface area contributed by atoms with Crippen LogP contribution in [0.15, 0.2) is 79.6 Å². The molecule has 182 valence electrons. The van der Waals surface area contributed by atoms with Gasteiger partial charge in [0.2, 0.25) is 11.9 Å². The molecule has 4 N–H and O–H groups in total. The maximum Gasteiger partial charge on any atom is 0.247 e. The summed E-state index contributed by atoms with van der Waals surface area (Å²) in [5.41, 5.74) is 10.8. The van der Waals surface area contributed by atoms with Crippen molar-refractivity contribution in [3.8, 4) is 11.3 Å². The summed E-state index contributed by atoms with van der Waals surface area (Å²) in [7, 11) is 0. The van der Waals surface area contributed by atoms with Crippen molar-refractivity contribution >= 4 is 39.8 Å². The second-order valence-corrected chi connectivity index (χ2v) is 8.39. The molecule has 1 atom stereocenters. The lowest BCUT2D eigenvalue weighted by molar-refractivity contribution is -0.111. The summed E-state index contributed by atoms with van der Waals surface area (Å²) >= 11 is 0. The zero-order valence-corrected chi connectivity index (χ0v) is 19.7. The third-order valence-corrected chi connectivity index (χ3v) is 6.05. The molecule has 36 heavy (non-hydrogen) atoms. The molecule has 1 fully saturated rings. The molecule has 1 amide bonds. The standard InChI is InChI=1S/C27H27N7O2/c1-2-25(35)31-20-10-11-29-24(14-20)23-5-3-4-18-16-30-27(33-26(18)23)32-19-6-8-21(9-7-19)34-12-13-36-17-22(34)15-28/h2-11,14,16,22H,1,12-13,15,17,28H2,(H,29,31,35)(H,30,32,33). The number of benzene rings is 2. The van der Waals surface area contributed by atoms with Crippen molar-refractivity contribution in [1.82, 2.24) is 15.0 Å². The molecule has 0 bridgehead atoms. The third-order valence-electron chi connectivity index (χ3n) is 6.05. The van der Waals surface area contributed by atoms with Crippen LogP contribution in [-0.2, 0) is 9.53 Å². The summed E-state index contributed by atoms with van der Waals surface area (Å²) in [4.78, 5) is 27.8. The van der Waals surface area contributed by atoms with Crippen molar-refractivity contribution in [3.05, 3.63) is 79.6 Å². The number of fused-ring (bicyclic) bond motifs is 1. The Balaban J connectivity index is 1.40. The van der Waals surface area contributed by atoms with E-state index in [1.165, 1.54) is 6.08 Å². The van der Waals surface area contributed by atoms with Crippen molar-refractivity contribution in [2.75, 3.05) is 41.8 Å². The minimum absolute atomic E-state index is 0.178. The van der Waals surface area contributed by atoms with Crippen LogP contribution in [0.4, 0.5) is 23.0 Å². The van der Waals surface area contributed by atoms with Gasteiger partial charge >= 0.3 is 0 Å². The van der Waals surface area contributed by atoms with Crippen LogP contribution in [0.1, 0.15) is 0 Å². The molecule has 1 saturated heterocycles. The van der Waals surface area contributed by atoms with Gasteiger partial charge in [0.1, 0.15) is 0 Å². The van der Waals surface area contributed by atoms with Crippen LogP contribution in [0.3, 0.4) is 0 Å². The van der Waals surface area contributed by atoms with E-state index in [0.717, 1.165) is 34.4 Å². The highest BCUT2D eigenvalue weighted by Crippen LogP contribution is 2.29. The van der Waals surface area contributed by atoms with Crippen molar-refractivity contribution in [3.63, 3.8) is 0 Å². The van der Waals surface area contributed by atoms with E-state index in [2.05, 4.69) is 44.2 Å². The summed E-state index contributed by atoms with van der Waals surface area (Å²) in [5, 5.41) is 6.95. The van der Waals surface area contributed by atoms with Crippen LogP contribution in [0.25, 0.3) is 22.2 Å². The summed E-state index contributed by atoms with van der Waals surface area (Å²) < 4.78 is 5.56. The molecule has 1 aliphatic heterocycles. The predicted octanol–water partition coefficient (Wildman–Crippen LogP) is 3.72. The molecule has 9 heteroatoms. The van der Waals surface area contributed by atoms with Gasteiger partial charge in [0.25, 0.3) is 0 Å². The average molecular weight is 482 g/mol. The number of nitrogens with zero attached hydrogens (tertiary/aromatic N) is 4. The molecule has 0 saturated carbocycles. The SMILES string of the molecule is C=CC(=O)Nc1ccnc(-c2cccc3cnc(Nc4ccc(N5CCOCC5CN)cc4)nc23)c1. The van der Waals surface area contributed by atoms with E-state index in [4.69, 9.17) is 15.5 Å². The largest absolute Gasteiger partial charge is 0.377 e. The number of ether oxygens (including phenoxy) is 1. The van der Waals surface area contributed by atoms with E-state index in [1.54, 1.807) is 18.5 Å². The van der Waals surface area contributed by atoms with Crippen LogP contribution < -0.4 is 21.3 Å². The number of hydrogen-bond donors (Lipinski definition) is 3. The van der Waals surface area contributed by atoms with Gasteiger partial charge in [0.05, 0.1) is 30.5 Å². The zero-order chi connectivity index (χ0) is 24.9. The number of morpholine rings is 1. The highest BCUT2D eigenvalue weighted by molar-refractivity contribution is 5.99. The number of aromatic nitrogens is 3. The Hall–Kier alpha value is -4.34. The smallest absolute Gasteiger partial charge is 0.247 e. The van der Waals surface area contributed by atoms with Gasteiger partial charge in [-0.2, -0.15) is 0 Å². The molecule has 9 nitrogen and oxygen atoms in total. The number of carbonyl (C=O) groups excluding carboxylic acids is 1. The Bertz CT molecular complexity index is 1390. The van der Waals surface area contributed by atoms with Crippen LogP contribution in [0.2, 0.25) is 0 Å². The lowest BCUT2D eigenvalue weighted by atomic mass is 10.1. The highest BCUT2D eigenvalue weighted by Gasteiger charge is 2.21. The summed E-state index contributed by atoms with van der Waals surface area (Å²) in [6.07, 6.45) is 4.66. The number of carbonyl (C=O) groups is 1. The minimum atomic E-state index is -0.280. The molecule has 5 rings (SSSR count). The summed E-state index contributed by atoms with van der Waals surface area (Å²) in [5.74, 6) is 0.196.